The number of carboxylic acids is 1. The fourth-order valence-electron chi connectivity index (χ4n) is 0.319. The molecule has 0 aliphatic carbocycles. The van der Waals surface area contributed by atoms with E-state index in [0.717, 1.165) is 0 Å². The second kappa shape index (κ2) is 4.80. The third-order valence-corrected chi connectivity index (χ3v) is 1.26. The quantitative estimate of drug-likeness (QED) is 0.414. The van der Waals surface area contributed by atoms with Gasteiger partial charge in [0.15, 0.2) is 0 Å². The minimum absolute atomic E-state index is 0.106. The van der Waals surface area contributed by atoms with Gasteiger partial charge in [0, 0.05) is 6.42 Å². The molecule has 0 heterocycles. The Hall–Kier alpha value is -0.353. The second-order valence-corrected chi connectivity index (χ2v) is 2.22. The minimum Gasteiger partial charge on any atom is -0.481 e. The summed E-state index contributed by atoms with van der Waals surface area (Å²) in [6.07, 6.45) is 0.762. The summed E-state index contributed by atoms with van der Waals surface area (Å²) >= 11 is 0. The van der Waals surface area contributed by atoms with Crippen molar-refractivity contribution in [1.29, 1.82) is 0 Å². The van der Waals surface area contributed by atoms with Crippen LogP contribution in [0.15, 0.2) is 0 Å². The van der Waals surface area contributed by atoms with E-state index < -0.39 is 5.97 Å². The molecule has 0 bridgehead atoms. The van der Waals surface area contributed by atoms with Gasteiger partial charge in [0.25, 0.3) is 0 Å². The van der Waals surface area contributed by atoms with Gasteiger partial charge in [-0.25, -0.2) is 0 Å². The average Bonchev–Trinajstić information content (AvgIpc) is 1.66. The monoisotopic (exact) mass is 132 g/mol. The Labute approximate surface area is 50.3 Å². The maximum Gasteiger partial charge on any atom is 0.303 e. The van der Waals surface area contributed by atoms with Gasteiger partial charge in [0.2, 0.25) is 9.76 Å². The molecular formula is C4H8O3Si. The maximum absolute atomic E-state index is 9.80. The average molecular weight is 132 g/mol. The lowest BCUT2D eigenvalue weighted by Crippen LogP contribution is -1.95. The Kier molecular flexibility index (Phi) is 4.59. The van der Waals surface area contributed by atoms with E-state index in [1.165, 1.54) is 0 Å². The summed E-state index contributed by atoms with van der Waals surface area (Å²) < 4.78 is 0. The standard InChI is InChI=1S/C4H8O3Si/c5-4(6)2-1-3-8-7/h7H,1-3H2,(H,5,6). The van der Waals surface area contributed by atoms with Crippen LogP contribution in [0.1, 0.15) is 12.8 Å². The zero-order valence-corrected chi connectivity index (χ0v) is 5.42. The van der Waals surface area contributed by atoms with E-state index in [1.54, 1.807) is 0 Å². The molecule has 0 atom stereocenters. The molecule has 0 amide bonds. The maximum atomic E-state index is 9.80. The third kappa shape index (κ3) is 5.65. The van der Waals surface area contributed by atoms with Crippen LogP contribution in [0.5, 0.6) is 0 Å². The highest BCUT2D eigenvalue weighted by molar-refractivity contribution is 6.25. The number of carbonyl (C=O) groups is 1. The predicted molar refractivity (Wildman–Crippen MR) is 29.6 cm³/mol. The Morgan fingerprint density at radius 3 is 2.62 bits per heavy atom. The van der Waals surface area contributed by atoms with Gasteiger partial charge in [0.05, 0.1) is 0 Å². The fraction of sp³-hybridized carbons (Fsp3) is 0.750. The Morgan fingerprint density at radius 2 is 2.25 bits per heavy atom. The molecule has 0 fully saturated rings. The molecule has 0 aromatic rings. The molecule has 2 radical (unpaired) electrons. The van der Waals surface area contributed by atoms with Crippen LogP contribution >= 0.6 is 0 Å². The van der Waals surface area contributed by atoms with Crippen molar-refractivity contribution in [2.24, 2.45) is 0 Å². The van der Waals surface area contributed by atoms with Crippen LogP contribution in [0, 0.1) is 0 Å². The molecule has 0 aliphatic heterocycles. The summed E-state index contributed by atoms with van der Waals surface area (Å²) in [6.45, 7) is 0. The molecule has 0 unspecified atom stereocenters. The van der Waals surface area contributed by atoms with Crippen LogP contribution in [-0.2, 0) is 4.79 Å². The zero-order chi connectivity index (χ0) is 6.41. The highest BCUT2D eigenvalue weighted by Gasteiger charge is 1.94. The smallest absolute Gasteiger partial charge is 0.303 e. The molecule has 0 spiro atoms. The van der Waals surface area contributed by atoms with Crippen molar-refractivity contribution in [2.75, 3.05) is 0 Å². The first-order valence-corrected chi connectivity index (χ1v) is 3.51. The molecule has 0 aliphatic rings. The first-order chi connectivity index (χ1) is 3.77. The van der Waals surface area contributed by atoms with Gasteiger partial charge < -0.3 is 9.90 Å². The lowest BCUT2D eigenvalue weighted by atomic mass is 10.3. The van der Waals surface area contributed by atoms with Crippen molar-refractivity contribution in [3.63, 3.8) is 0 Å². The summed E-state index contributed by atoms with van der Waals surface area (Å²) in [5, 5.41) is 8.06. The van der Waals surface area contributed by atoms with Crippen LogP contribution < -0.4 is 0 Å². The molecule has 0 saturated heterocycles. The van der Waals surface area contributed by atoms with E-state index in [4.69, 9.17) is 9.90 Å². The van der Waals surface area contributed by atoms with E-state index >= 15 is 0 Å². The topological polar surface area (TPSA) is 57.5 Å². The van der Waals surface area contributed by atoms with Crippen molar-refractivity contribution in [3.05, 3.63) is 0 Å². The van der Waals surface area contributed by atoms with Crippen molar-refractivity contribution in [2.45, 2.75) is 18.9 Å². The molecule has 2 N–H and O–H groups in total. The third-order valence-electron chi connectivity index (χ3n) is 0.679. The number of hydrogen-bond acceptors (Lipinski definition) is 2. The first kappa shape index (κ1) is 7.65. The highest BCUT2D eigenvalue weighted by Crippen LogP contribution is 1.92. The normalized spacial score (nSPS) is 9.12. The number of hydrogen-bond donors (Lipinski definition) is 2. The molecule has 0 aromatic carbocycles. The SMILES string of the molecule is O=C(O)CCC[Si]O. The number of rotatable bonds is 4. The van der Waals surface area contributed by atoms with E-state index in [0.29, 0.717) is 12.5 Å². The Balaban J connectivity index is 2.82. The molecule has 0 rings (SSSR count). The molecule has 46 valence electrons. The second-order valence-electron chi connectivity index (χ2n) is 1.41. The van der Waals surface area contributed by atoms with Gasteiger partial charge in [-0.15, -0.1) is 0 Å². The Morgan fingerprint density at radius 1 is 1.62 bits per heavy atom. The Bertz CT molecular complexity index is 73.7. The van der Waals surface area contributed by atoms with Gasteiger partial charge in [-0.1, -0.05) is 0 Å². The van der Waals surface area contributed by atoms with Crippen LogP contribution in [0.25, 0.3) is 0 Å². The highest BCUT2D eigenvalue weighted by atomic mass is 28.2. The minimum atomic E-state index is -0.789. The van der Waals surface area contributed by atoms with Gasteiger partial charge in [-0.2, -0.15) is 0 Å². The fourth-order valence-corrected chi connectivity index (χ4v) is 0.654. The van der Waals surface area contributed by atoms with Crippen molar-refractivity contribution in [1.82, 2.24) is 0 Å². The molecule has 4 heteroatoms. The van der Waals surface area contributed by atoms with E-state index in [1.807, 2.05) is 0 Å². The molecule has 8 heavy (non-hydrogen) atoms. The van der Waals surface area contributed by atoms with Gasteiger partial charge >= 0.3 is 5.97 Å². The summed E-state index contributed by atoms with van der Waals surface area (Å²) in [6, 6.07) is 0.617. The van der Waals surface area contributed by atoms with E-state index in [9.17, 15) is 4.79 Å². The molecule has 3 nitrogen and oxygen atoms in total. The summed E-state index contributed by atoms with van der Waals surface area (Å²) in [7, 11) is -0.106. The first-order valence-electron chi connectivity index (χ1n) is 2.36. The van der Waals surface area contributed by atoms with Crippen molar-refractivity contribution < 1.29 is 14.7 Å². The van der Waals surface area contributed by atoms with Crippen LogP contribution in [0.3, 0.4) is 0 Å². The number of aliphatic carboxylic acids is 1. The van der Waals surface area contributed by atoms with Crippen LogP contribution in [-0.4, -0.2) is 25.6 Å². The predicted octanol–water partition coefficient (Wildman–Crippen LogP) is -0.119. The van der Waals surface area contributed by atoms with Crippen LogP contribution in [0.2, 0.25) is 6.04 Å². The van der Waals surface area contributed by atoms with Crippen molar-refractivity contribution in [3.8, 4) is 0 Å². The van der Waals surface area contributed by atoms with Crippen molar-refractivity contribution >= 4 is 15.7 Å². The summed E-state index contributed by atoms with van der Waals surface area (Å²) in [5.74, 6) is -0.789. The summed E-state index contributed by atoms with van der Waals surface area (Å²) in [5.41, 5.74) is 0. The zero-order valence-electron chi connectivity index (χ0n) is 4.42. The van der Waals surface area contributed by atoms with Gasteiger partial charge in [0.1, 0.15) is 0 Å². The molecular weight excluding hydrogens is 124 g/mol. The lowest BCUT2D eigenvalue weighted by Gasteiger charge is -1.87. The molecule has 0 aromatic heterocycles. The van der Waals surface area contributed by atoms with Gasteiger partial charge in [-0.05, 0) is 12.5 Å². The molecule has 0 saturated carbocycles. The van der Waals surface area contributed by atoms with E-state index in [2.05, 4.69) is 0 Å². The largest absolute Gasteiger partial charge is 0.481 e. The van der Waals surface area contributed by atoms with Crippen LogP contribution in [0.4, 0.5) is 0 Å². The number of carboxylic acid groups (broad SMARTS) is 1. The van der Waals surface area contributed by atoms with E-state index in [-0.39, 0.29) is 16.2 Å². The van der Waals surface area contributed by atoms with Gasteiger partial charge in [-0.3, -0.25) is 4.79 Å². The summed E-state index contributed by atoms with van der Waals surface area (Å²) in [4.78, 5) is 18.0. The lowest BCUT2D eigenvalue weighted by molar-refractivity contribution is -0.137.